The second kappa shape index (κ2) is 4.37. The summed E-state index contributed by atoms with van der Waals surface area (Å²) in [5.41, 5.74) is 4.60. The van der Waals surface area contributed by atoms with Crippen molar-refractivity contribution in [2.45, 2.75) is 12.7 Å². The molecular formula is C9H6F3IN2. The average molecular weight is 326 g/mol. The van der Waals surface area contributed by atoms with Gasteiger partial charge in [-0.1, -0.05) is 0 Å². The highest BCUT2D eigenvalue weighted by Crippen LogP contribution is 2.33. The Morgan fingerprint density at radius 2 is 2.00 bits per heavy atom. The van der Waals surface area contributed by atoms with E-state index in [0.717, 1.165) is 6.07 Å². The molecule has 0 aliphatic rings. The number of benzene rings is 1. The second-order valence-electron chi connectivity index (χ2n) is 2.80. The lowest BCUT2D eigenvalue weighted by Crippen LogP contribution is -2.13. The average Bonchev–Trinajstić information content (AvgIpc) is 2.16. The molecule has 80 valence electrons. The summed E-state index contributed by atoms with van der Waals surface area (Å²) in [5.74, 6) is 0. The number of nitrogens with zero attached hydrogens (tertiary/aromatic N) is 1. The second-order valence-corrected chi connectivity index (χ2v) is 3.97. The first kappa shape index (κ1) is 12.3. The summed E-state index contributed by atoms with van der Waals surface area (Å²) in [6.07, 6.45) is -4.43. The number of hydrogen-bond acceptors (Lipinski definition) is 2. The molecule has 1 aromatic rings. The van der Waals surface area contributed by atoms with E-state index in [1.54, 1.807) is 22.6 Å². The van der Waals surface area contributed by atoms with Crippen LogP contribution >= 0.6 is 22.6 Å². The molecule has 0 aliphatic heterocycles. The third-order valence-corrected chi connectivity index (χ3v) is 2.73. The van der Waals surface area contributed by atoms with Gasteiger partial charge in [0, 0.05) is 10.1 Å². The molecule has 0 radical (unpaired) electrons. The highest BCUT2D eigenvalue weighted by atomic mass is 127. The molecule has 0 saturated heterocycles. The van der Waals surface area contributed by atoms with Gasteiger partial charge < -0.3 is 5.73 Å². The number of hydrogen-bond donors (Lipinski definition) is 1. The Labute approximate surface area is 98.0 Å². The molecule has 1 aromatic carbocycles. The first-order valence-corrected chi connectivity index (χ1v) is 4.97. The molecule has 1 rings (SSSR count). The predicted octanol–water partition coefficient (Wildman–Crippen LogP) is 2.64. The van der Waals surface area contributed by atoms with Crippen LogP contribution in [0, 0.1) is 14.9 Å². The molecular weight excluding hydrogens is 320 g/mol. The topological polar surface area (TPSA) is 49.8 Å². The predicted molar refractivity (Wildman–Crippen MR) is 56.8 cm³/mol. The highest BCUT2D eigenvalue weighted by molar-refractivity contribution is 14.1. The van der Waals surface area contributed by atoms with E-state index in [0.29, 0.717) is 0 Å². The molecule has 0 atom stereocenters. The standard InChI is InChI=1S/C9H6F3IN2/c10-9(11,12)7-2-8(13)6(4-15)1-5(7)3-14/h1-2H,3,14H2. The van der Waals surface area contributed by atoms with Crippen LogP contribution in [0.3, 0.4) is 0 Å². The van der Waals surface area contributed by atoms with Gasteiger partial charge in [0.25, 0.3) is 0 Å². The summed E-state index contributed by atoms with van der Waals surface area (Å²) >= 11 is 1.70. The van der Waals surface area contributed by atoms with Crippen molar-refractivity contribution in [1.29, 1.82) is 5.26 Å². The van der Waals surface area contributed by atoms with E-state index in [2.05, 4.69) is 0 Å². The van der Waals surface area contributed by atoms with Gasteiger partial charge in [-0.15, -0.1) is 0 Å². The normalized spacial score (nSPS) is 11.2. The molecule has 15 heavy (non-hydrogen) atoms. The molecule has 6 heteroatoms. The van der Waals surface area contributed by atoms with Crippen LogP contribution in [0.5, 0.6) is 0 Å². The maximum Gasteiger partial charge on any atom is 0.416 e. The van der Waals surface area contributed by atoms with Crippen molar-refractivity contribution < 1.29 is 13.2 Å². The minimum atomic E-state index is -4.43. The van der Waals surface area contributed by atoms with Gasteiger partial charge in [0.2, 0.25) is 0 Å². The Morgan fingerprint density at radius 1 is 1.40 bits per heavy atom. The number of alkyl halides is 3. The van der Waals surface area contributed by atoms with E-state index in [1.165, 1.54) is 6.07 Å². The van der Waals surface area contributed by atoms with Crippen LogP contribution in [0.1, 0.15) is 16.7 Å². The van der Waals surface area contributed by atoms with Crippen LogP contribution in [0.2, 0.25) is 0 Å². The lowest BCUT2D eigenvalue weighted by atomic mass is 10.0. The van der Waals surface area contributed by atoms with Gasteiger partial charge in [-0.3, -0.25) is 0 Å². The quantitative estimate of drug-likeness (QED) is 0.807. The lowest BCUT2D eigenvalue weighted by molar-refractivity contribution is -0.138. The molecule has 2 nitrogen and oxygen atoms in total. The fraction of sp³-hybridized carbons (Fsp3) is 0.222. The molecule has 0 unspecified atom stereocenters. The SMILES string of the molecule is N#Cc1cc(CN)c(C(F)(F)F)cc1I. The number of halogens is 4. The smallest absolute Gasteiger partial charge is 0.326 e. The van der Waals surface area contributed by atoms with Gasteiger partial charge >= 0.3 is 6.18 Å². The summed E-state index contributed by atoms with van der Waals surface area (Å²) in [6, 6.07) is 3.95. The Balaban J connectivity index is 3.42. The lowest BCUT2D eigenvalue weighted by Gasteiger charge is -2.12. The number of nitriles is 1. The number of rotatable bonds is 1. The molecule has 0 saturated carbocycles. The van der Waals surface area contributed by atoms with Crippen LogP contribution in [-0.2, 0) is 12.7 Å². The fourth-order valence-electron chi connectivity index (χ4n) is 1.14. The zero-order chi connectivity index (χ0) is 11.6. The van der Waals surface area contributed by atoms with E-state index in [9.17, 15) is 13.2 Å². The van der Waals surface area contributed by atoms with Gasteiger partial charge in [-0.25, -0.2) is 0 Å². The van der Waals surface area contributed by atoms with Gasteiger partial charge in [0.15, 0.2) is 0 Å². The summed E-state index contributed by atoms with van der Waals surface area (Å²) in [4.78, 5) is 0. The fourth-order valence-corrected chi connectivity index (χ4v) is 1.72. The van der Waals surface area contributed by atoms with E-state index >= 15 is 0 Å². The monoisotopic (exact) mass is 326 g/mol. The summed E-state index contributed by atoms with van der Waals surface area (Å²) in [6.45, 7) is -0.236. The Kier molecular flexibility index (Phi) is 3.57. The third-order valence-electron chi connectivity index (χ3n) is 1.84. The largest absolute Gasteiger partial charge is 0.416 e. The first-order chi connectivity index (χ1) is 6.90. The van der Waals surface area contributed by atoms with Crippen molar-refractivity contribution in [2.24, 2.45) is 5.73 Å². The van der Waals surface area contributed by atoms with Crippen molar-refractivity contribution in [2.75, 3.05) is 0 Å². The summed E-state index contributed by atoms with van der Waals surface area (Å²) < 4.78 is 37.8. The Morgan fingerprint density at radius 3 is 2.40 bits per heavy atom. The van der Waals surface area contributed by atoms with Crippen molar-refractivity contribution in [3.05, 3.63) is 32.4 Å². The van der Waals surface area contributed by atoms with Crippen molar-refractivity contribution in [3.8, 4) is 6.07 Å². The molecule has 0 spiro atoms. The van der Waals surface area contributed by atoms with Gasteiger partial charge in [-0.2, -0.15) is 18.4 Å². The van der Waals surface area contributed by atoms with Crippen LogP contribution in [0.15, 0.2) is 12.1 Å². The Hall–Kier alpha value is -0.810. The van der Waals surface area contributed by atoms with Crippen molar-refractivity contribution in [1.82, 2.24) is 0 Å². The van der Waals surface area contributed by atoms with Crippen LogP contribution in [0.4, 0.5) is 13.2 Å². The molecule has 0 aromatic heterocycles. The summed E-state index contributed by atoms with van der Waals surface area (Å²) in [7, 11) is 0. The van der Waals surface area contributed by atoms with Crippen LogP contribution in [-0.4, -0.2) is 0 Å². The summed E-state index contributed by atoms with van der Waals surface area (Å²) in [5, 5.41) is 8.66. The third kappa shape index (κ3) is 2.60. The van der Waals surface area contributed by atoms with Crippen LogP contribution < -0.4 is 5.73 Å². The molecule has 0 heterocycles. The first-order valence-electron chi connectivity index (χ1n) is 3.90. The minimum Gasteiger partial charge on any atom is -0.326 e. The van der Waals surface area contributed by atoms with Gasteiger partial charge in [0.05, 0.1) is 11.1 Å². The van der Waals surface area contributed by atoms with E-state index < -0.39 is 11.7 Å². The zero-order valence-electron chi connectivity index (χ0n) is 7.40. The molecule has 0 aliphatic carbocycles. The van der Waals surface area contributed by atoms with Gasteiger partial charge in [-0.05, 0) is 40.3 Å². The molecule has 2 N–H and O–H groups in total. The van der Waals surface area contributed by atoms with E-state index in [-0.39, 0.29) is 21.2 Å². The van der Waals surface area contributed by atoms with Gasteiger partial charge in [0.1, 0.15) is 6.07 Å². The number of nitrogens with two attached hydrogens (primary N) is 1. The highest BCUT2D eigenvalue weighted by Gasteiger charge is 2.33. The molecule has 0 amide bonds. The van der Waals surface area contributed by atoms with Crippen molar-refractivity contribution in [3.63, 3.8) is 0 Å². The van der Waals surface area contributed by atoms with Crippen molar-refractivity contribution >= 4 is 22.6 Å². The maximum absolute atomic E-state index is 12.5. The maximum atomic E-state index is 12.5. The zero-order valence-corrected chi connectivity index (χ0v) is 9.56. The molecule has 0 fully saturated rings. The van der Waals surface area contributed by atoms with E-state index in [1.807, 2.05) is 6.07 Å². The minimum absolute atomic E-state index is 0.0560. The van der Waals surface area contributed by atoms with E-state index in [4.69, 9.17) is 11.0 Å². The molecule has 0 bridgehead atoms. The van der Waals surface area contributed by atoms with Crippen LogP contribution in [0.25, 0.3) is 0 Å². The Bertz CT molecular complexity index is 421.